The number of thioether (sulfide) groups is 2. The molecule has 2 aromatic carbocycles. The fourth-order valence-electron chi connectivity index (χ4n) is 7.69. The lowest BCUT2D eigenvalue weighted by Gasteiger charge is -2.47. The average Bonchev–Trinajstić information content (AvgIpc) is 3.08. The zero-order chi connectivity index (χ0) is 35.6. The molecule has 0 spiro atoms. The molecule has 0 radical (unpaired) electrons. The Balaban J connectivity index is 0.000000190. The highest BCUT2D eigenvalue weighted by molar-refractivity contribution is 7.98. The third-order valence-electron chi connectivity index (χ3n) is 9.63. The maximum absolute atomic E-state index is 10.4. The minimum Gasteiger partial charge on any atom is -0.508 e. The second kappa shape index (κ2) is 19.0. The van der Waals surface area contributed by atoms with Crippen molar-refractivity contribution in [2.24, 2.45) is 0 Å². The zero-order valence-corrected chi connectivity index (χ0v) is 31.0. The van der Waals surface area contributed by atoms with E-state index in [0.717, 1.165) is 68.1 Å². The Morgan fingerprint density at radius 1 is 0.837 bits per heavy atom. The molecule has 2 aliphatic heterocycles. The highest BCUT2D eigenvalue weighted by atomic mass is 32.2. The maximum Gasteiger partial charge on any atom is 0.446 e. The van der Waals surface area contributed by atoms with Crippen LogP contribution in [-0.2, 0) is 40.0 Å². The number of benzene rings is 2. The highest BCUT2D eigenvalue weighted by Crippen LogP contribution is 2.37. The average molecular weight is 727 g/mol. The monoisotopic (exact) mass is 726 g/mol. The molecule has 2 aliphatic carbocycles. The molecule has 7 nitrogen and oxygen atoms in total. The molecule has 4 aliphatic rings. The van der Waals surface area contributed by atoms with E-state index in [-0.39, 0.29) is 6.10 Å². The van der Waals surface area contributed by atoms with E-state index < -0.39 is 12.5 Å². The Labute approximate surface area is 298 Å². The number of fused-ring (bicyclic) bond motifs is 4. The Morgan fingerprint density at radius 2 is 1.31 bits per heavy atom. The smallest absolute Gasteiger partial charge is 0.446 e. The molecule has 2 saturated heterocycles. The molecule has 0 aromatic heterocycles. The van der Waals surface area contributed by atoms with Crippen LogP contribution < -0.4 is 4.74 Å². The maximum atomic E-state index is 10.4. The number of phenols is 1. The summed E-state index contributed by atoms with van der Waals surface area (Å²) < 4.78 is 49.6. The summed E-state index contributed by atoms with van der Waals surface area (Å²) in [6, 6.07) is 13.3. The summed E-state index contributed by atoms with van der Waals surface area (Å²) in [6.45, 7) is 8.96. The van der Waals surface area contributed by atoms with E-state index >= 15 is 0 Å². The van der Waals surface area contributed by atoms with E-state index in [2.05, 4.69) is 60.4 Å². The SMILES string of the molecule is CCCN1C[C@@H](CSC)O[C@@H]2Cc3c(O)cccc3C[C@H]21.CCCN1C[C@@H](CSC)O[C@@H]2Cc3c(cccc3OC)C[C@H]21.O=CC(F)(F)F. The standard InChI is InChI=1S/C18H27NO2S.C17H25NO2S.C2HF3O/c1-4-8-19-11-14(12-22-3)21-18-10-15-13(9-16(18)19)6-5-7-17(15)20-2;1-3-7-18-10-13(11-21-2)20-17-9-14-12(8-15(17)18)5-4-6-16(14)19;3-2(4,5)1-6/h5-7,14,16,18H,4,8-12H2,1-3H3;4-6,13,15,17,19H,3,7-11H2,1-2H3;1H/t14-,16+,18+;13-,15+,17+;/m00./s1. The summed E-state index contributed by atoms with van der Waals surface area (Å²) in [5.74, 6) is 3.59. The molecule has 49 heavy (non-hydrogen) atoms. The summed E-state index contributed by atoms with van der Waals surface area (Å²) >= 11 is 3.74. The van der Waals surface area contributed by atoms with Gasteiger partial charge >= 0.3 is 6.18 Å². The number of halogens is 3. The van der Waals surface area contributed by atoms with Crippen molar-refractivity contribution in [3.63, 3.8) is 0 Å². The van der Waals surface area contributed by atoms with Crippen molar-refractivity contribution in [1.82, 2.24) is 9.80 Å². The molecule has 6 atom stereocenters. The van der Waals surface area contributed by atoms with Gasteiger partial charge in [0.1, 0.15) is 11.5 Å². The van der Waals surface area contributed by atoms with Gasteiger partial charge in [-0.1, -0.05) is 38.1 Å². The van der Waals surface area contributed by atoms with Crippen molar-refractivity contribution < 1.29 is 37.3 Å². The molecule has 2 fully saturated rings. The van der Waals surface area contributed by atoms with E-state index in [0.29, 0.717) is 36.1 Å². The van der Waals surface area contributed by atoms with Crippen LogP contribution in [0.1, 0.15) is 48.9 Å². The van der Waals surface area contributed by atoms with E-state index in [1.54, 1.807) is 13.2 Å². The number of nitrogens with zero attached hydrogens (tertiary/aromatic N) is 2. The van der Waals surface area contributed by atoms with Crippen LogP contribution in [0.2, 0.25) is 0 Å². The van der Waals surface area contributed by atoms with Gasteiger partial charge in [0.25, 0.3) is 0 Å². The number of morpholine rings is 2. The number of rotatable bonds is 9. The predicted octanol–water partition coefficient (Wildman–Crippen LogP) is 6.45. The molecule has 274 valence electrons. The number of hydrogen-bond donors (Lipinski definition) is 1. The molecular formula is C37H53F3N2O5S2. The lowest BCUT2D eigenvalue weighted by atomic mass is 9.83. The molecule has 0 amide bonds. The van der Waals surface area contributed by atoms with E-state index in [1.807, 2.05) is 29.6 Å². The first kappa shape index (κ1) is 39.8. The van der Waals surface area contributed by atoms with E-state index in [9.17, 15) is 18.3 Å². The van der Waals surface area contributed by atoms with Gasteiger partial charge in [-0.3, -0.25) is 14.6 Å². The normalized spacial score (nSPS) is 26.4. The van der Waals surface area contributed by atoms with Crippen molar-refractivity contribution in [3.8, 4) is 11.5 Å². The lowest BCUT2D eigenvalue weighted by Crippen LogP contribution is -2.58. The van der Waals surface area contributed by atoms with Gasteiger partial charge in [0.15, 0.2) is 0 Å². The fourth-order valence-corrected chi connectivity index (χ4v) is 8.80. The summed E-state index contributed by atoms with van der Waals surface area (Å²) in [7, 11) is 1.77. The van der Waals surface area contributed by atoms with Crippen LogP contribution in [-0.4, -0.2) is 121 Å². The number of carbonyl (C=O) groups is 1. The van der Waals surface area contributed by atoms with Crippen LogP contribution >= 0.6 is 23.5 Å². The molecule has 1 N–H and O–H groups in total. The number of aromatic hydroxyl groups is 1. The molecule has 2 aromatic rings. The zero-order valence-electron chi connectivity index (χ0n) is 29.4. The van der Waals surface area contributed by atoms with Crippen molar-refractivity contribution >= 4 is 29.8 Å². The molecule has 2 heterocycles. The van der Waals surface area contributed by atoms with Gasteiger partial charge in [-0.2, -0.15) is 36.7 Å². The molecule has 0 bridgehead atoms. The van der Waals surface area contributed by atoms with Gasteiger partial charge in [0.2, 0.25) is 6.29 Å². The molecule has 6 rings (SSSR count). The minimum absolute atomic E-state index is 0.225. The van der Waals surface area contributed by atoms with Crippen LogP contribution in [0.3, 0.4) is 0 Å². The first-order valence-corrected chi connectivity index (χ1v) is 20.1. The molecule has 0 unspecified atom stereocenters. The number of aldehydes is 1. The lowest BCUT2D eigenvalue weighted by molar-refractivity contribution is -0.156. The van der Waals surface area contributed by atoms with Gasteiger partial charge in [0.05, 0.1) is 31.5 Å². The van der Waals surface area contributed by atoms with E-state index in [1.165, 1.54) is 36.1 Å². The van der Waals surface area contributed by atoms with Gasteiger partial charge < -0.3 is 19.3 Å². The van der Waals surface area contributed by atoms with Crippen LogP contribution in [0.25, 0.3) is 0 Å². The van der Waals surface area contributed by atoms with Gasteiger partial charge in [-0.05, 0) is 85.7 Å². The van der Waals surface area contributed by atoms with Gasteiger partial charge in [0, 0.05) is 49.5 Å². The van der Waals surface area contributed by atoms with Crippen molar-refractivity contribution in [3.05, 3.63) is 58.7 Å². The fraction of sp³-hybridized carbons (Fsp3) is 0.649. The number of ether oxygens (including phenoxy) is 3. The number of hydrogen-bond acceptors (Lipinski definition) is 9. The number of carbonyl (C=O) groups excluding carboxylic acids is 1. The third kappa shape index (κ3) is 10.8. The topological polar surface area (TPSA) is 71.5 Å². The Hall–Kier alpha value is -1.96. The molecule has 0 saturated carbocycles. The van der Waals surface area contributed by atoms with Crippen molar-refractivity contribution in [1.29, 1.82) is 0 Å². The van der Waals surface area contributed by atoms with Crippen LogP contribution in [0.15, 0.2) is 36.4 Å². The van der Waals surface area contributed by atoms with E-state index in [4.69, 9.17) is 19.0 Å². The summed E-state index contributed by atoms with van der Waals surface area (Å²) in [4.78, 5) is 14.0. The Kier molecular flexibility index (Phi) is 15.5. The van der Waals surface area contributed by atoms with Crippen molar-refractivity contribution in [2.45, 2.75) is 95.0 Å². The second-order valence-electron chi connectivity index (χ2n) is 13.1. The Morgan fingerprint density at radius 3 is 1.76 bits per heavy atom. The summed E-state index contributed by atoms with van der Waals surface area (Å²) in [5, 5.41) is 10.1. The minimum atomic E-state index is -4.64. The highest BCUT2D eigenvalue weighted by Gasteiger charge is 2.41. The number of methoxy groups -OCH3 is 1. The first-order valence-electron chi connectivity index (χ1n) is 17.3. The molecular weight excluding hydrogens is 674 g/mol. The molecule has 12 heteroatoms. The van der Waals surface area contributed by atoms with Crippen LogP contribution in [0.5, 0.6) is 11.5 Å². The van der Waals surface area contributed by atoms with Crippen molar-refractivity contribution in [2.75, 3.05) is 57.3 Å². The summed E-state index contributed by atoms with van der Waals surface area (Å²) in [5.41, 5.74) is 5.19. The van der Waals surface area contributed by atoms with Crippen LogP contribution in [0, 0.1) is 0 Å². The number of phenolic OH excluding ortho intramolecular Hbond substituents is 1. The Bertz CT molecular complexity index is 1340. The predicted molar refractivity (Wildman–Crippen MR) is 193 cm³/mol. The first-order chi connectivity index (χ1) is 23.5. The summed E-state index contributed by atoms with van der Waals surface area (Å²) in [6.07, 6.45) is 6.12. The van der Waals surface area contributed by atoms with Gasteiger partial charge in [-0.25, -0.2) is 0 Å². The quantitative estimate of drug-likeness (QED) is 0.294. The largest absolute Gasteiger partial charge is 0.508 e. The second-order valence-corrected chi connectivity index (χ2v) is 14.9. The third-order valence-corrected chi connectivity index (χ3v) is 11.0. The van der Waals surface area contributed by atoms with Gasteiger partial charge in [-0.15, -0.1) is 0 Å². The van der Waals surface area contributed by atoms with Crippen LogP contribution in [0.4, 0.5) is 13.2 Å². The number of alkyl halides is 3.